The molecular formula is C18H32NO2P. The molecule has 1 rings (SSSR count). The first-order chi connectivity index (χ1) is 10.7. The van der Waals surface area contributed by atoms with E-state index in [9.17, 15) is 4.57 Å². The smallest absolute Gasteiger partial charge is 0.189 e. The summed E-state index contributed by atoms with van der Waals surface area (Å²) < 4.78 is 10.6. The van der Waals surface area contributed by atoms with Gasteiger partial charge in [0, 0.05) is 12.7 Å². The number of hydrogen-bond acceptors (Lipinski definition) is 2. The van der Waals surface area contributed by atoms with E-state index in [-0.39, 0.29) is 0 Å². The first-order valence-electron chi connectivity index (χ1n) is 8.72. The first kappa shape index (κ1) is 19.4. The summed E-state index contributed by atoms with van der Waals surface area (Å²) in [5.41, 5.74) is 2.71. The van der Waals surface area contributed by atoms with Crippen LogP contribution in [-0.2, 0) is 17.5 Å². The van der Waals surface area contributed by atoms with Crippen molar-refractivity contribution < 1.29 is 9.46 Å². The zero-order valence-electron chi connectivity index (χ0n) is 13.9. The van der Waals surface area contributed by atoms with Gasteiger partial charge in [-0.05, 0) is 36.9 Å². The first-order valence-corrected chi connectivity index (χ1v) is 10.3. The number of aryl methyl sites for hydroxylation is 1. The second-order valence-electron chi connectivity index (χ2n) is 6.01. The Kier molecular flexibility index (Phi) is 11.4. The second kappa shape index (κ2) is 12.9. The molecule has 0 aliphatic rings. The minimum absolute atomic E-state index is 0.425. The van der Waals surface area contributed by atoms with Crippen LogP contribution in [0.1, 0.15) is 63.0 Å². The molecule has 0 saturated heterocycles. The SMILES string of the molecule is CCCCCCCCc1ccc(CNCCC[PH](=O)O)cc1. The molecule has 0 aliphatic heterocycles. The Labute approximate surface area is 136 Å². The fourth-order valence-corrected chi connectivity index (χ4v) is 3.01. The third kappa shape index (κ3) is 10.2. The third-order valence-corrected chi connectivity index (χ3v) is 4.70. The largest absolute Gasteiger partial charge is 0.346 e. The Balaban J connectivity index is 2.10. The van der Waals surface area contributed by atoms with E-state index in [1.807, 2.05) is 0 Å². The summed E-state index contributed by atoms with van der Waals surface area (Å²) in [6, 6.07) is 8.84. The lowest BCUT2D eigenvalue weighted by Gasteiger charge is -2.06. The molecule has 0 saturated carbocycles. The van der Waals surface area contributed by atoms with Gasteiger partial charge < -0.3 is 10.2 Å². The van der Waals surface area contributed by atoms with Crippen molar-refractivity contribution in [2.24, 2.45) is 0 Å². The van der Waals surface area contributed by atoms with Gasteiger partial charge in [-0.1, -0.05) is 63.3 Å². The predicted molar refractivity (Wildman–Crippen MR) is 95.9 cm³/mol. The Bertz CT molecular complexity index is 406. The highest BCUT2D eigenvalue weighted by molar-refractivity contribution is 7.37. The van der Waals surface area contributed by atoms with Crippen molar-refractivity contribution in [2.75, 3.05) is 12.7 Å². The molecule has 0 fully saturated rings. The van der Waals surface area contributed by atoms with E-state index in [1.54, 1.807) is 0 Å². The van der Waals surface area contributed by atoms with E-state index in [0.717, 1.165) is 19.5 Å². The van der Waals surface area contributed by atoms with Gasteiger partial charge in [0.25, 0.3) is 0 Å². The van der Waals surface area contributed by atoms with Crippen molar-refractivity contribution in [2.45, 2.75) is 64.8 Å². The maximum atomic E-state index is 10.6. The van der Waals surface area contributed by atoms with Gasteiger partial charge in [-0.2, -0.15) is 0 Å². The molecule has 1 aromatic carbocycles. The quantitative estimate of drug-likeness (QED) is 0.413. The van der Waals surface area contributed by atoms with Gasteiger partial charge in [-0.3, -0.25) is 4.57 Å². The highest BCUT2D eigenvalue weighted by Gasteiger charge is 1.97. The fraction of sp³-hybridized carbons (Fsp3) is 0.667. The summed E-state index contributed by atoms with van der Waals surface area (Å²) in [4.78, 5) is 8.75. The summed E-state index contributed by atoms with van der Waals surface area (Å²) in [5.74, 6) is 0. The molecule has 0 aliphatic carbocycles. The van der Waals surface area contributed by atoms with Gasteiger partial charge in [-0.25, -0.2) is 0 Å². The Morgan fingerprint density at radius 2 is 1.59 bits per heavy atom. The number of nitrogens with one attached hydrogen (secondary N) is 1. The highest BCUT2D eigenvalue weighted by Crippen LogP contribution is 2.13. The van der Waals surface area contributed by atoms with E-state index in [1.165, 1.54) is 56.1 Å². The third-order valence-electron chi connectivity index (χ3n) is 3.92. The van der Waals surface area contributed by atoms with Crippen LogP contribution in [0.5, 0.6) is 0 Å². The molecule has 1 atom stereocenters. The molecule has 1 aromatic rings. The van der Waals surface area contributed by atoms with Crippen LogP contribution in [0.15, 0.2) is 24.3 Å². The summed E-state index contributed by atoms with van der Waals surface area (Å²) >= 11 is 0. The van der Waals surface area contributed by atoms with Crippen LogP contribution in [0, 0.1) is 0 Å². The van der Waals surface area contributed by atoms with Crippen molar-refractivity contribution >= 4 is 8.03 Å². The number of rotatable bonds is 13. The average Bonchev–Trinajstić information content (AvgIpc) is 2.51. The summed E-state index contributed by atoms with van der Waals surface area (Å²) in [5, 5.41) is 3.31. The molecule has 3 nitrogen and oxygen atoms in total. The van der Waals surface area contributed by atoms with E-state index in [0.29, 0.717) is 6.16 Å². The summed E-state index contributed by atoms with van der Waals surface area (Å²) in [7, 11) is -2.29. The lowest BCUT2D eigenvalue weighted by atomic mass is 10.0. The van der Waals surface area contributed by atoms with Crippen LogP contribution in [-0.4, -0.2) is 17.6 Å². The van der Waals surface area contributed by atoms with Crippen molar-refractivity contribution in [3.63, 3.8) is 0 Å². The van der Waals surface area contributed by atoms with Crippen LogP contribution in [0.3, 0.4) is 0 Å². The van der Waals surface area contributed by atoms with Gasteiger partial charge >= 0.3 is 0 Å². The molecule has 0 aromatic heterocycles. The molecular weight excluding hydrogens is 293 g/mol. The van der Waals surface area contributed by atoms with Gasteiger partial charge in [-0.15, -0.1) is 0 Å². The molecule has 1 unspecified atom stereocenters. The highest BCUT2D eigenvalue weighted by atomic mass is 31.1. The lowest BCUT2D eigenvalue weighted by Crippen LogP contribution is -2.15. The van der Waals surface area contributed by atoms with Gasteiger partial charge in [0.05, 0.1) is 0 Å². The van der Waals surface area contributed by atoms with Crippen LogP contribution in [0.25, 0.3) is 0 Å². The number of hydrogen-bond donors (Lipinski definition) is 2. The molecule has 22 heavy (non-hydrogen) atoms. The Hall–Kier alpha value is -0.630. The topological polar surface area (TPSA) is 49.3 Å². The average molecular weight is 325 g/mol. The standard InChI is InChI=1S/C18H32NO2P/c1-2-3-4-5-6-7-9-17-10-12-18(13-11-17)16-19-14-8-15-22(20)21/h10-13,19,22H,2-9,14-16H2,1H3,(H,20,21). The lowest BCUT2D eigenvalue weighted by molar-refractivity contribution is 0.499. The van der Waals surface area contributed by atoms with Crippen molar-refractivity contribution in [3.05, 3.63) is 35.4 Å². The molecule has 0 radical (unpaired) electrons. The maximum Gasteiger partial charge on any atom is 0.189 e. The maximum absolute atomic E-state index is 10.6. The zero-order valence-corrected chi connectivity index (χ0v) is 14.9. The van der Waals surface area contributed by atoms with Crippen LogP contribution >= 0.6 is 8.03 Å². The summed E-state index contributed by atoms with van der Waals surface area (Å²) in [6.45, 7) is 3.89. The minimum atomic E-state index is -2.29. The van der Waals surface area contributed by atoms with Gasteiger partial charge in [0.1, 0.15) is 0 Å². The van der Waals surface area contributed by atoms with Crippen LogP contribution < -0.4 is 5.32 Å². The number of unbranched alkanes of at least 4 members (excludes halogenated alkanes) is 5. The van der Waals surface area contributed by atoms with Crippen LogP contribution in [0.4, 0.5) is 0 Å². The monoisotopic (exact) mass is 325 g/mol. The van der Waals surface area contributed by atoms with Crippen molar-refractivity contribution in [1.82, 2.24) is 5.32 Å². The van der Waals surface area contributed by atoms with Crippen molar-refractivity contribution in [3.8, 4) is 0 Å². The Morgan fingerprint density at radius 1 is 0.955 bits per heavy atom. The predicted octanol–water partition coefficient (Wildman–Crippen LogP) is 4.54. The van der Waals surface area contributed by atoms with Gasteiger partial charge in [0.2, 0.25) is 0 Å². The van der Waals surface area contributed by atoms with E-state index in [2.05, 4.69) is 36.5 Å². The normalized spacial score (nSPS) is 12.5. The summed E-state index contributed by atoms with van der Waals surface area (Å²) in [6.07, 6.45) is 10.5. The van der Waals surface area contributed by atoms with Gasteiger partial charge in [0.15, 0.2) is 8.03 Å². The molecule has 0 bridgehead atoms. The van der Waals surface area contributed by atoms with E-state index in [4.69, 9.17) is 4.89 Å². The minimum Gasteiger partial charge on any atom is -0.346 e. The molecule has 126 valence electrons. The fourth-order valence-electron chi connectivity index (χ4n) is 2.53. The molecule has 0 spiro atoms. The van der Waals surface area contributed by atoms with E-state index < -0.39 is 8.03 Å². The second-order valence-corrected chi connectivity index (χ2v) is 7.30. The number of benzene rings is 1. The van der Waals surface area contributed by atoms with Crippen molar-refractivity contribution in [1.29, 1.82) is 0 Å². The molecule has 0 amide bonds. The molecule has 0 heterocycles. The molecule has 4 heteroatoms. The molecule has 2 N–H and O–H groups in total. The van der Waals surface area contributed by atoms with E-state index >= 15 is 0 Å². The zero-order chi connectivity index (χ0) is 16.0. The Morgan fingerprint density at radius 3 is 2.27 bits per heavy atom. The van der Waals surface area contributed by atoms with Crippen LogP contribution in [0.2, 0.25) is 0 Å².